The van der Waals surface area contributed by atoms with Crippen LogP contribution in [-0.2, 0) is 13.0 Å². The predicted octanol–water partition coefficient (Wildman–Crippen LogP) is 4.11. The average molecular weight is 370 g/mol. The minimum Gasteiger partial charge on any atom is -0.497 e. The number of rotatable bonds is 3. The summed E-state index contributed by atoms with van der Waals surface area (Å²) in [6, 6.07) is 24.7. The highest BCUT2D eigenvalue weighted by Crippen LogP contribution is 2.40. The number of carbonyl (C=O) groups is 1. The molecule has 2 atom stereocenters. The van der Waals surface area contributed by atoms with Crippen LogP contribution in [0, 0.1) is 0 Å². The van der Waals surface area contributed by atoms with Crippen LogP contribution in [0.25, 0.3) is 0 Å². The van der Waals surface area contributed by atoms with Crippen molar-refractivity contribution in [3.63, 3.8) is 0 Å². The van der Waals surface area contributed by atoms with E-state index in [1.165, 1.54) is 16.7 Å². The minimum atomic E-state index is -0.0561. The third kappa shape index (κ3) is 2.73. The number of hydrogen-bond donors (Lipinski definition) is 1. The molecule has 3 aromatic rings. The van der Waals surface area contributed by atoms with Crippen molar-refractivity contribution in [1.82, 2.24) is 5.32 Å². The molecule has 5 rings (SSSR count). The van der Waals surface area contributed by atoms with Crippen LogP contribution < -0.4 is 15.0 Å². The van der Waals surface area contributed by atoms with Gasteiger partial charge in [0.1, 0.15) is 11.9 Å². The van der Waals surface area contributed by atoms with Gasteiger partial charge in [-0.2, -0.15) is 0 Å². The Morgan fingerprint density at radius 1 is 1.00 bits per heavy atom. The second-order valence-electron chi connectivity index (χ2n) is 7.42. The zero-order valence-corrected chi connectivity index (χ0v) is 15.8. The van der Waals surface area contributed by atoms with Crippen LogP contribution in [0.15, 0.2) is 72.8 Å². The molecule has 2 unspecified atom stereocenters. The predicted molar refractivity (Wildman–Crippen MR) is 110 cm³/mol. The molecule has 0 saturated carbocycles. The van der Waals surface area contributed by atoms with Crippen molar-refractivity contribution in [1.29, 1.82) is 0 Å². The maximum Gasteiger partial charge on any atom is 0.254 e. The Hall–Kier alpha value is -3.27. The molecular formula is C24H22N2O2. The lowest BCUT2D eigenvalue weighted by molar-refractivity contribution is 0.0916. The van der Waals surface area contributed by atoms with Gasteiger partial charge < -0.3 is 15.0 Å². The summed E-state index contributed by atoms with van der Waals surface area (Å²) in [5.41, 5.74) is 5.64. The van der Waals surface area contributed by atoms with Gasteiger partial charge in [0.15, 0.2) is 0 Å². The zero-order chi connectivity index (χ0) is 19.1. The van der Waals surface area contributed by atoms with Crippen LogP contribution in [-0.4, -0.2) is 19.2 Å². The lowest BCUT2D eigenvalue weighted by atomic mass is 9.81. The van der Waals surface area contributed by atoms with E-state index in [0.717, 1.165) is 30.0 Å². The Bertz CT molecular complexity index is 1030. The molecule has 1 N–H and O–H groups in total. The highest BCUT2D eigenvalue weighted by molar-refractivity contribution is 6.02. The molecule has 0 spiro atoms. The molecule has 0 fully saturated rings. The van der Waals surface area contributed by atoms with Gasteiger partial charge in [-0.15, -0.1) is 0 Å². The van der Waals surface area contributed by atoms with Crippen LogP contribution in [0.2, 0.25) is 0 Å². The van der Waals surface area contributed by atoms with Gasteiger partial charge in [0.2, 0.25) is 0 Å². The molecular weight excluding hydrogens is 348 g/mol. The third-order valence-electron chi connectivity index (χ3n) is 5.86. The topological polar surface area (TPSA) is 41.6 Å². The van der Waals surface area contributed by atoms with E-state index in [0.29, 0.717) is 0 Å². The molecule has 2 aliphatic heterocycles. The largest absolute Gasteiger partial charge is 0.497 e. The maximum atomic E-state index is 12.8. The lowest BCUT2D eigenvalue weighted by Crippen LogP contribution is -2.57. The Labute approximate surface area is 164 Å². The summed E-state index contributed by atoms with van der Waals surface area (Å²) in [5.74, 6) is 1.04. The van der Waals surface area contributed by atoms with Crippen molar-refractivity contribution < 1.29 is 9.53 Å². The van der Waals surface area contributed by atoms with Crippen LogP contribution >= 0.6 is 0 Å². The van der Waals surface area contributed by atoms with E-state index in [9.17, 15) is 4.79 Å². The molecule has 0 radical (unpaired) electrons. The number of fused-ring (bicyclic) bond motifs is 4. The first kappa shape index (κ1) is 16.9. The molecule has 0 saturated heterocycles. The molecule has 2 aliphatic rings. The van der Waals surface area contributed by atoms with Crippen molar-refractivity contribution >= 4 is 11.6 Å². The molecule has 0 aliphatic carbocycles. The summed E-state index contributed by atoms with van der Waals surface area (Å²) in [6.45, 7) is 0.803. The van der Waals surface area contributed by atoms with Gasteiger partial charge in [-0.1, -0.05) is 48.5 Å². The second-order valence-corrected chi connectivity index (χ2v) is 7.42. The first-order valence-electron chi connectivity index (χ1n) is 9.62. The number of para-hydroxylation sites is 1. The Morgan fingerprint density at radius 3 is 2.57 bits per heavy atom. The van der Waals surface area contributed by atoms with Crippen LogP contribution in [0.5, 0.6) is 5.75 Å². The minimum absolute atomic E-state index is 0.0102. The monoisotopic (exact) mass is 370 g/mol. The summed E-state index contributed by atoms with van der Waals surface area (Å²) in [5, 5.41) is 3.27. The van der Waals surface area contributed by atoms with Crippen LogP contribution in [0.3, 0.4) is 0 Å². The summed E-state index contributed by atoms with van der Waals surface area (Å²) < 4.78 is 5.29. The molecule has 140 valence electrons. The number of nitrogens with zero attached hydrogens (tertiary/aromatic N) is 1. The number of methoxy groups -OCH3 is 1. The molecule has 1 amide bonds. The van der Waals surface area contributed by atoms with Crippen molar-refractivity contribution in [3.8, 4) is 5.75 Å². The number of nitrogens with one attached hydrogen (secondary N) is 1. The summed E-state index contributed by atoms with van der Waals surface area (Å²) in [4.78, 5) is 15.1. The Morgan fingerprint density at radius 2 is 1.75 bits per heavy atom. The summed E-state index contributed by atoms with van der Waals surface area (Å²) in [7, 11) is 1.68. The molecule has 28 heavy (non-hydrogen) atoms. The number of ether oxygens (including phenoxy) is 1. The Kier molecular flexibility index (Phi) is 4.05. The number of anilines is 1. The van der Waals surface area contributed by atoms with Gasteiger partial charge in [0, 0.05) is 12.5 Å². The van der Waals surface area contributed by atoms with E-state index in [-0.39, 0.29) is 18.0 Å². The van der Waals surface area contributed by atoms with Crippen LogP contribution in [0.4, 0.5) is 5.69 Å². The second kappa shape index (κ2) is 6.71. The molecule has 0 bridgehead atoms. The average Bonchev–Trinajstić information content (AvgIpc) is 2.75. The van der Waals surface area contributed by atoms with Crippen molar-refractivity contribution in [2.75, 3.05) is 12.0 Å². The normalized spacial score (nSPS) is 19.9. The smallest absolute Gasteiger partial charge is 0.254 e. The van der Waals surface area contributed by atoms with E-state index >= 15 is 0 Å². The number of amides is 1. The maximum absolute atomic E-state index is 12.8. The van der Waals surface area contributed by atoms with Gasteiger partial charge in [-0.05, 0) is 47.4 Å². The molecule has 3 aromatic carbocycles. The molecule has 0 aromatic heterocycles. The first-order valence-corrected chi connectivity index (χ1v) is 9.62. The van der Waals surface area contributed by atoms with Gasteiger partial charge >= 0.3 is 0 Å². The molecule has 4 nitrogen and oxygen atoms in total. The fourth-order valence-electron chi connectivity index (χ4n) is 4.49. The number of hydrogen-bond acceptors (Lipinski definition) is 3. The first-order chi connectivity index (χ1) is 13.7. The fraction of sp³-hybridized carbons (Fsp3) is 0.208. The highest BCUT2D eigenvalue weighted by Gasteiger charge is 2.40. The summed E-state index contributed by atoms with van der Waals surface area (Å²) in [6.07, 6.45) is 0.796. The van der Waals surface area contributed by atoms with Gasteiger partial charge in [-0.25, -0.2) is 0 Å². The number of benzene rings is 3. The Balaban J connectivity index is 1.57. The van der Waals surface area contributed by atoms with Gasteiger partial charge in [-0.3, -0.25) is 4.79 Å². The van der Waals surface area contributed by atoms with Gasteiger partial charge in [0.25, 0.3) is 5.91 Å². The quantitative estimate of drug-likeness (QED) is 0.754. The molecule has 2 heterocycles. The van der Waals surface area contributed by atoms with Gasteiger partial charge in [0.05, 0.1) is 18.4 Å². The van der Waals surface area contributed by atoms with E-state index < -0.39 is 0 Å². The zero-order valence-electron chi connectivity index (χ0n) is 15.8. The standard InChI is InChI=1S/C24H22N2O2/c1-28-18-12-10-16(11-13-18)14-21-19-7-3-2-6-17(19)15-26-22-9-5-4-8-20(22)24(27)25-23(21)26/h2-13,21,23H,14-15H2,1H3,(H,25,27). The fourth-order valence-corrected chi connectivity index (χ4v) is 4.49. The molecule has 4 heteroatoms. The van der Waals surface area contributed by atoms with Crippen molar-refractivity contribution in [2.45, 2.75) is 25.0 Å². The van der Waals surface area contributed by atoms with Crippen LogP contribution in [0.1, 0.15) is 33.0 Å². The van der Waals surface area contributed by atoms with Crippen molar-refractivity contribution in [3.05, 3.63) is 95.1 Å². The van der Waals surface area contributed by atoms with E-state index in [1.54, 1.807) is 7.11 Å². The van der Waals surface area contributed by atoms with E-state index in [1.807, 2.05) is 30.3 Å². The lowest BCUT2D eigenvalue weighted by Gasteiger charge is -2.47. The third-order valence-corrected chi connectivity index (χ3v) is 5.86. The summed E-state index contributed by atoms with van der Waals surface area (Å²) >= 11 is 0. The van der Waals surface area contributed by atoms with E-state index in [4.69, 9.17) is 4.74 Å². The SMILES string of the molecule is COc1ccc(CC2c3ccccc3CN3c4ccccc4C(=O)NC23)cc1. The van der Waals surface area contributed by atoms with E-state index in [2.05, 4.69) is 52.7 Å². The van der Waals surface area contributed by atoms with Crippen molar-refractivity contribution in [2.24, 2.45) is 0 Å². The number of carbonyl (C=O) groups excluding carboxylic acids is 1. The highest BCUT2D eigenvalue weighted by atomic mass is 16.5.